The summed E-state index contributed by atoms with van der Waals surface area (Å²) >= 11 is 0. The number of aryl methyl sites for hydroxylation is 1. The lowest BCUT2D eigenvalue weighted by Crippen LogP contribution is -2.48. The first-order valence-corrected chi connectivity index (χ1v) is 12.3. The van der Waals surface area contributed by atoms with Crippen molar-refractivity contribution in [2.75, 3.05) is 26.2 Å². The summed E-state index contributed by atoms with van der Waals surface area (Å²) in [4.78, 5) is 22.0. The molecule has 2 heterocycles. The van der Waals surface area contributed by atoms with Gasteiger partial charge in [-0.25, -0.2) is 4.98 Å². The Morgan fingerprint density at radius 1 is 0.861 bits per heavy atom. The maximum atomic E-state index is 12.9. The Bertz CT molecular complexity index is 1280. The summed E-state index contributed by atoms with van der Waals surface area (Å²) in [6.45, 7) is 3.92. The molecule has 0 atom stereocenters. The van der Waals surface area contributed by atoms with Crippen molar-refractivity contribution in [1.29, 1.82) is 5.26 Å². The van der Waals surface area contributed by atoms with Crippen LogP contribution in [0.5, 0.6) is 0 Å². The molecular weight excluding hydrogens is 448 g/mol. The number of nitriles is 1. The van der Waals surface area contributed by atoms with Gasteiger partial charge in [-0.2, -0.15) is 5.26 Å². The van der Waals surface area contributed by atoms with Crippen LogP contribution in [0, 0.1) is 11.3 Å². The molecule has 0 unspecified atom stereocenters. The highest BCUT2D eigenvalue weighted by atomic mass is 16.4. The number of hydrogen-bond donors (Lipinski definition) is 0. The number of amides is 1. The molecule has 1 saturated heterocycles. The van der Waals surface area contributed by atoms with Crippen molar-refractivity contribution in [1.82, 2.24) is 14.8 Å². The summed E-state index contributed by atoms with van der Waals surface area (Å²) in [5, 5.41) is 8.96. The summed E-state index contributed by atoms with van der Waals surface area (Å²) in [5.74, 6) is 1.45. The molecule has 1 aliphatic rings. The van der Waals surface area contributed by atoms with E-state index in [1.54, 1.807) is 0 Å². The van der Waals surface area contributed by atoms with Crippen molar-refractivity contribution in [3.63, 3.8) is 0 Å². The van der Waals surface area contributed by atoms with Crippen LogP contribution in [0.2, 0.25) is 0 Å². The molecule has 1 aliphatic heterocycles. The molecule has 0 spiro atoms. The third kappa shape index (κ3) is 5.54. The number of carbonyl (C=O) groups is 1. The zero-order valence-electron chi connectivity index (χ0n) is 20.1. The quantitative estimate of drug-likeness (QED) is 0.369. The number of hydrogen-bond acceptors (Lipinski definition) is 5. The summed E-state index contributed by atoms with van der Waals surface area (Å²) in [6, 6.07) is 29.8. The fraction of sp³-hybridized carbons (Fsp3) is 0.233. The molecule has 0 aliphatic carbocycles. The number of rotatable bonds is 7. The topological polar surface area (TPSA) is 73.4 Å². The second-order valence-corrected chi connectivity index (χ2v) is 8.98. The van der Waals surface area contributed by atoms with Crippen molar-refractivity contribution < 1.29 is 9.21 Å². The number of benzene rings is 3. The number of nitrogens with zero attached hydrogens (tertiary/aromatic N) is 4. The molecule has 6 nitrogen and oxygen atoms in total. The summed E-state index contributed by atoms with van der Waals surface area (Å²) in [6.07, 6.45) is 0.843. The Kier molecular flexibility index (Phi) is 7.20. The molecular formula is C30H28N4O2. The van der Waals surface area contributed by atoms with E-state index in [2.05, 4.69) is 11.0 Å². The van der Waals surface area contributed by atoms with Crippen LogP contribution in [-0.2, 0) is 17.8 Å². The third-order valence-corrected chi connectivity index (χ3v) is 6.52. The molecule has 3 aromatic carbocycles. The number of piperazine rings is 1. The molecule has 1 amide bonds. The minimum absolute atomic E-state index is 0.133. The molecule has 0 N–H and O–H groups in total. The van der Waals surface area contributed by atoms with E-state index in [0.29, 0.717) is 37.4 Å². The second-order valence-electron chi connectivity index (χ2n) is 8.98. The standard InChI is InChI=1S/C30H28N4O2/c31-21-23-11-13-24(14-12-23)22-33-17-19-34(20-18-33)28(35)16-15-27-32-29(25-7-3-1-4-8-25)30(36-27)26-9-5-2-6-10-26/h1-14H,15-20,22H2. The van der Waals surface area contributed by atoms with Gasteiger partial charge in [-0.05, 0) is 17.7 Å². The number of oxazole rings is 1. The van der Waals surface area contributed by atoms with Crippen molar-refractivity contribution in [2.45, 2.75) is 19.4 Å². The maximum Gasteiger partial charge on any atom is 0.223 e. The molecule has 1 aromatic heterocycles. The Morgan fingerprint density at radius 2 is 1.50 bits per heavy atom. The molecule has 0 saturated carbocycles. The number of carbonyl (C=O) groups excluding carboxylic acids is 1. The van der Waals surface area contributed by atoms with E-state index >= 15 is 0 Å². The van der Waals surface area contributed by atoms with E-state index in [4.69, 9.17) is 14.7 Å². The van der Waals surface area contributed by atoms with Crippen LogP contribution in [0.4, 0.5) is 0 Å². The van der Waals surface area contributed by atoms with Gasteiger partial charge in [-0.3, -0.25) is 9.69 Å². The van der Waals surface area contributed by atoms with Crippen LogP contribution >= 0.6 is 0 Å². The smallest absolute Gasteiger partial charge is 0.223 e. The van der Waals surface area contributed by atoms with Gasteiger partial charge in [0.25, 0.3) is 0 Å². The monoisotopic (exact) mass is 476 g/mol. The first kappa shape index (κ1) is 23.5. The van der Waals surface area contributed by atoms with E-state index in [9.17, 15) is 4.79 Å². The molecule has 0 radical (unpaired) electrons. The van der Waals surface area contributed by atoms with Crippen molar-refractivity contribution in [2.24, 2.45) is 0 Å². The second kappa shape index (κ2) is 11.0. The van der Waals surface area contributed by atoms with Crippen molar-refractivity contribution in [3.8, 4) is 28.7 Å². The van der Waals surface area contributed by atoms with Gasteiger partial charge in [0.15, 0.2) is 11.7 Å². The predicted molar refractivity (Wildman–Crippen MR) is 139 cm³/mol. The lowest BCUT2D eigenvalue weighted by Gasteiger charge is -2.34. The average Bonchev–Trinajstić information content (AvgIpc) is 3.38. The van der Waals surface area contributed by atoms with Gasteiger partial charge in [0.1, 0.15) is 5.69 Å². The average molecular weight is 477 g/mol. The van der Waals surface area contributed by atoms with Crippen LogP contribution in [0.1, 0.15) is 23.4 Å². The van der Waals surface area contributed by atoms with Crippen LogP contribution in [0.25, 0.3) is 22.6 Å². The fourth-order valence-corrected chi connectivity index (χ4v) is 4.52. The molecule has 180 valence electrons. The lowest BCUT2D eigenvalue weighted by molar-refractivity contribution is -0.133. The largest absolute Gasteiger partial charge is 0.440 e. The molecule has 36 heavy (non-hydrogen) atoms. The van der Waals surface area contributed by atoms with Gasteiger partial charge in [0.05, 0.1) is 11.6 Å². The van der Waals surface area contributed by atoms with Crippen LogP contribution in [0.15, 0.2) is 89.3 Å². The van der Waals surface area contributed by atoms with Gasteiger partial charge >= 0.3 is 0 Å². The van der Waals surface area contributed by atoms with Crippen LogP contribution in [-0.4, -0.2) is 46.9 Å². The Labute approximate surface area is 211 Å². The maximum absolute atomic E-state index is 12.9. The van der Waals surface area contributed by atoms with Gasteiger partial charge in [-0.15, -0.1) is 0 Å². The fourth-order valence-electron chi connectivity index (χ4n) is 4.52. The van der Waals surface area contributed by atoms with Gasteiger partial charge in [0.2, 0.25) is 5.91 Å². The highest BCUT2D eigenvalue weighted by Gasteiger charge is 2.22. The molecule has 5 rings (SSSR count). The lowest BCUT2D eigenvalue weighted by atomic mass is 10.1. The zero-order valence-corrected chi connectivity index (χ0v) is 20.1. The highest BCUT2D eigenvalue weighted by molar-refractivity contribution is 5.78. The number of aromatic nitrogens is 1. The minimum Gasteiger partial charge on any atom is -0.440 e. The van der Waals surface area contributed by atoms with Crippen molar-refractivity contribution >= 4 is 5.91 Å². The van der Waals surface area contributed by atoms with E-state index in [1.807, 2.05) is 89.8 Å². The van der Waals surface area contributed by atoms with E-state index in [1.165, 1.54) is 5.56 Å². The SMILES string of the molecule is N#Cc1ccc(CN2CCN(C(=O)CCc3nc(-c4ccccc4)c(-c4ccccc4)o3)CC2)cc1. The Morgan fingerprint density at radius 3 is 2.14 bits per heavy atom. The third-order valence-electron chi connectivity index (χ3n) is 6.52. The predicted octanol–water partition coefficient (Wildman–Crippen LogP) is 5.16. The van der Waals surface area contributed by atoms with E-state index < -0.39 is 0 Å². The van der Waals surface area contributed by atoms with Crippen molar-refractivity contribution in [3.05, 3.63) is 102 Å². The van der Waals surface area contributed by atoms with E-state index in [0.717, 1.165) is 42.2 Å². The van der Waals surface area contributed by atoms with E-state index in [-0.39, 0.29) is 5.91 Å². The molecule has 4 aromatic rings. The summed E-state index contributed by atoms with van der Waals surface area (Å²) in [5.41, 5.74) is 4.63. The normalized spacial score (nSPS) is 13.9. The molecule has 1 fully saturated rings. The zero-order chi connectivity index (χ0) is 24.7. The molecule has 0 bridgehead atoms. The minimum atomic E-state index is 0.133. The van der Waals surface area contributed by atoms with Gasteiger partial charge < -0.3 is 9.32 Å². The van der Waals surface area contributed by atoms with Crippen LogP contribution in [0.3, 0.4) is 0 Å². The van der Waals surface area contributed by atoms with Gasteiger partial charge in [0, 0.05) is 56.7 Å². The van der Waals surface area contributed by atoms with Crippen LogP contribution < -0.4 is 0 Å². The summed E-state index contributed by atoms with van der Waals surface area (Å²) < 4.78 is 6.18. The first-order valence-electron chi connectivity index (χ1n) is 12.3. The molecule has 6 heteroatoms. The highest BCUT2D eigenvalue weighted by Crippen LogP contribution is 2.32. The summed E-state index contributed by atoms with van der Waals surface area (Å²) in [7, 11) is 0. The Balaban J connectivity index is 1.19. The Hall–Kier alpha value is -4.21. The first-order chi connectivity index (χ1) is 17.7. The van der Waals surface area contributed by atoms with Gasteiger partial charge in [-0.1, -0.05) is 72.8 Å².